The number of rotatable bonds is 10. The number of anilines is 2. The fourth-order valence-electron chi connectivity index (χ4n) is 8.34. The van der Waals surface area contributed by atoms with Crippen LogP contribution in [-0.4, -0.2) is 57.7 Å². The molecule has 1 saturated carbocycles. The van der Waals surface area contributed by atoms with Crippen molar-refractivity contribution in [1.29, 1.82) is 0 Å². The minimum atomic E-state index is -5.08. The van der Waals surface area contributed by atoms with Crippen LogP contribution in [0.4, 0.5) is 45.9 Å². The number of nitrogens with one attached hydrogen (secondary N) is 1. The Labute approximate surface area is 349 Å². The summed E-state index contributed by atoms with van der Waals surface area (Å²) < 4.78 is 118. The predicted molar refractivity (Wildman–Crippen MR) is 210 cm³/mol. The Balaban J connectivity index is 1.11. The van der Waals surface area contributed by atoms with Crippen LogP contribution in [0.25, 0.3) is 21.5 Å². The van der Waals surface area contributed by atoms with E-state index in [1.54, 1.807) is 18.2 Å². The van der Waals surface area contributed by atoms with Crippen molar-refractivity contribution in [3.63, 3.8) is 0 Å². The van der Waals surface area contributed by atoms with Gasteiger partial charge in [0.15, 0.2) is 16.5 Å². The molecule has 4 heterocycles. The summed E-state index contributed by atoms with van der Waals surface area (Å²) in [7, 11) is 0. The predicted octanol–water partition coefficient (Wildman–Crippen LogP) is 8.38. The highest BCUT2D eigenvalue weighted by Gasteiger charge is 2.68. The van der Waals surface area contributed by atoms with Gasteiger partial charge in [0.2, 0.25) is 5.91 Å². The van der Waals surface area contributed by atoms with Crippen molar-refractivity contribution in [3.05, 3.63) is 123 Å². The molecule has 6 aromatic rings. The number of amides is 2. The van der Waals surface area contributed by atoms with Crippen LogP contribution in [0, 0.1) is 23.4 Å². The second-order valence-corrected chi connectivity index (χ2v) is 16.6. The van der Waals surface area contributed by atoms with Crippen LogP contribution in [0.1, 0.15) is 56.9 Å². The number of nitrogens with two attached hydrogens (primary N) is 1. The number of alkyl halides is 5. The van der Waals surface area contributed by atoms with Gasteiger partial charge in [-0.1, -0.05) is 29.0 Å². The number of piperazine rings is 1. The van der Waals surface area contributed by atoms with Crippen molar-refractivity contribution in [1.82, 2.24) is 25.1 Å². The number of carbonyl (C=O) groups is 2. The monoisotopic (exact) mass is 886 g/mol. The molecule has 3 aromatic carbocycles. The first-order chi connectivity index (χ1) is 28.9. The largest absolute Gasteiger partial charge is 0.435 e. The second-order valence-electron chi connectivity index (χ2n) is 15.2. The SMILES string of the molecule is NC(=O)c1cc(-c2cc3sc(N4CCN(c5ccc(Cl)cc5)CC4)nc3nc2[C@H](Cc2cc(F)cc(F)c2)NC(=O)Cn2nc(C(F)(F)F)c3c2C(F)(F)[C@@H]2CC32)ccc1F. The number of fused-ring (bicyclic) bond motifs is 4. The first-order valence-corrected chi connectivity index (χ1v) is 20.1. The van der Waals surface area contributed by atoms with Crippen molar-refractivity contribution in [2.45, 2.75) is 43.4 Å². The third-order valence-corrected chi connectivity index (χ3v) is 12.5. The minimum Gasteiger partial charge on any atom is -0.368 e. The van der Waals surface area contributed by atoms with Crippen molar-refractivity contribution >= 4 is 55.9 Å². The van der Waals surface area contributed by atoms with E-state index >= 15 is 8.78 Å². The third kappa shape index (κ3) is 7.62. The lowest BCUT2D eigenvalue weighted by Gasteiger charge is -2.35. The molecule has 20 heteroatoms. The molecular formula is C41H31ClF8N8O2S. The maximum atomic E-state index is 15.4. The zero-order valence-corrected chi connectivity index (χ0v) is 33.0. The molecule has 10 nitrogen and oxygen atoms in total. The molecule has 0 spiro atoms. The first-order valence-electron chi connectivity index (χ1n) is 18.9. The Hall–Kier alpha value is -5.82. The minimum absolute atomic E-state index is 0.00907. The zero-order valence-electron chi connectivity index (χ0n) is 31.4. The van der Waals surface area contributed by atoms with E-state index in [0.29, 0.717) is 51.8 Å². The number of halogens is 9. The Morgan fingerprint density at radius 2 is 1.62 bits per heavy atom. The molecule has 2 amide bonds. The van der Waals surface area contributed by atoms with Crippen LogP contribution in [0.2, 0.25) is 5.02 Å². The summed E-state index contributed by atoms with van der Waals surface area (Å²) >= 11 is 7.35. The van der Waals surface area contributed by atoms with Gasteiger partial charge in [0.05, 0.1) is 22.0 Å². The number of aromatic nitrogens is 4. The van der Waals surface area contributed by atoms with Crippen LogP contribution < -0.4 is 20.9 Å². The Bertz CT molecular complexity index is 2710. The van der Waals surface area contributed by atoms with Crippen LogP contribution in [0.15, 0.2) is 66.7 Å². The standard InChI is InChI=1S/C41H31ClF8N8O2S/c42-21-2-4-24(5-3-21)56-7-9-57(10-8-56)39-54-38-31(61-39)17-25(20-1-6-29(45)27(14-20)37(51)60)34(53-38)30(13-19-11-22(43)15-23(44)12-19)52-32(59)18-58-36-33(35(55-58)41(48,49)50)26-16-28(26)40(36,46)47/h1-6,11-12,14-15,17,26,28,30H,7-10,13,16,18H2,(H2,51,60)(H,52,59)/t26?,28-,30+/m1/s1. The maximum absolute atomic E-state index is 15.4. The van der Waals surface area contributed by atoms with E-state index in [1.807, 2.05) is 17.0 Å². The van der Waals surface area contributed by atoms with Gasteiger partial charge in [0, 0.05) is 60.0 Å². The van der Waals surface area contributed by atoms with Gasteiger partial charge in [-0.3, -0.25) is 14.3 Å². The molecule has 3 aliphatic rings. The molecule has 3 aromatic heterocycles. The Morgan fingerprint density at radius 3 is 2.30 bits per heavy atom. The van der Waals surface area contributed by atoms with E-state index in [9.17, 15) is 35.9 Å². The highest BCUT2D eigenvalue weighted by molar-refractivity contribution is 7.22. The number of hydrogen-bond donors (Lipinski definition) is 2. The molecule has 0 radical (unpaired) electrons. The molecule has 316 valence electrons. The quantitative estimate of drug-likeness (QED) is 0.133. The molecule has 2 aliphatic carbocycles. The van der Waals surface area contributed by atoms with Gasteiger partial charge < -0.3 is 20.9 Å². The number of benzene rings is 3. The van der Waals surface area contributed by atoms with Gasteiger partial charge in [-0.2, -0.15) is 32.0 Å². The molecule has 3 N–H and O–H groups in total. The molecule has 0 bridgehead atoms. The van der Waals surface area contributed by atoms with Crippen molar-refractivity contribution in [2.24, 2.45) is 11.7 Å². The summed E-state index contributed by atoms with van der Waals surface area (Å²) in [5.41, 5.74) is 3.44. The smallest absolute Gasteiger partial charge is 0.368 e. The maximum Gasteiger partial charge on any atom is 0.435 e. The number of nitrogens with zero attached hydrogens (tertiary/aromatic N) is 6. The lowest BCUT2D eigenvalue weighted by Crippen LogP contribution is -2.46. The summed E-state index contributed by atoms with van der Waals surface area (Å²) in [6, 6.07) is 13.8. The number of carbonyl (C=O) groups excluding carboxylic acids is 2. The first kappa shape index (κ1) is 40.6. The number of hydrogen-bond acceptors (Lipinski definition) is 8. The topological polar surface area (TPSA) is 122 Å². The normalized spacial score (nSPS) is 18.6. The van der Waals surface area contributed by atoms with Gasteiger partial charge in [-0.15, -0.1) is 0 Å². The summed E-state index contributed by atoms with van der Waals surface area (Å²) in [6.07, 6.45) is -5.61. The summed E-state index contributed by atoms with van der Waals surface area (Å²) in [5.74, 6) is -11.1. The molecule has 1 aliphatic heterocycles. The molecular weight excluding hydrogens is 856 g/mol. The summed E-state index contributed by atoms with van der Waals surface area (Å²) in [5, 5.41) is 7.27. The van der Waals surface area contributed by atoms with Crippen LogP contribution in [0.3, 0.4) is 0 Å². The van der Waals surface area contributed by atoms with Gasteiger partial charge in [0.25, 0.3) is 11.8 Å². The van der Waals surface area contributed by atoms with E-state index in [1.165, 1.54) is 23.5 Å². The van der Waals surface area contributed by atoms with Crippen molar-refractivity contribution in [2.75, 3.05) is 36.0 Å². The number of thiazole rings is 1. The molecule has 1 unspecified atom stereocenters. The zero-order chi connectivity index (χ0) is 43.1. The van der Waals surface area contributed by atoms with Crippen LogP contribution in [0.5, 0.6) is 0 Å². The highest BCUT2D eigenvalue weighted by Crippen LogP contribution is 2.68. The fraction of sp³-hybridized carbons (Fsp3) is 0.293. The van der Waals surface area contributed by atoms with E-state index in [2.05, 4.69) is 15.3 Å². The molecule has 3 atom stereocenters. The van der Waals surface area contributed by atoms with Gasteiger partial charge in [0.1, 0.15) is 29.7 Å². The van der Waals surface area contributed by atoms with Gasteiger partial charge in [-0.25, -0.2) is 18.2 Å². The van der Waals surface area contributed by atoms with E-state index in [-0.39, 0.29) is 40.9 Å². The van der Waals surface area contributed by atoms with Gasteiger partial charge >= 0.3 is 6.18 Å². The van der Waals surface area contributed by atoms with E-state index in [0.717, 1.165) is 23.9 Å². The number of primary amides is 1. The third-order valence-electron chi connectivity index (χ3n) is 11.2. The van der Waals surface area contributed by atoms with E-state index < -0.39 is 88.3 Å². The summed E-state index contributed by atoms with van der Waals surface area (Å²) in [6.45, 7) is 1.34. The second kappa shape index (κ2) is 15.0. The van der Waals surface area contributed by atoms with Crippen LogP contribution in [-0.2, 0) is 29.9 Å². The van der Waals surface area contributed by atoms with Crippen LogP contribution >= 0.6 is 22.9 Å². The molecule has 61 heavy (non-hydrogen) atoms. The Kier molecular flexibility index (Phi) is 9.96. The van der Waals surface area contributed by atoms with Crippen molar-refractivity contribution < 1.29 is 44.7 Å². The van der Waals surface area contributed by atoms with E-state index in [4.69, 9.17) is 27.3 Å². The molecule has 1 saturated heterocycles. The lowest BCUT2D eigenvalue weighted by molar-refractivity contribution is -0.142. The molecule has 9 rings (SSSR count). The Morgan fingerprint density at radius 1 is 0.934 bits per heavy atom. The fourth-order valence-corrected chi connectivity index (χ4v) is 9.46. The number of pyridine rings is 1. The average molecular weight is 887 g/mol. The van der Waals surface area contributed by atoms with Crippen molar-refractivity contribution in [3.8, 4) is 11.1 Å². The average Bonchev–Trinajstić information content (AvgIpc) is 3.65. The lowest BCUT2D eigenvalue weighted by atomic mass is 9.94. The summed E-state index contributed by atoms with van der Waals surface area (Å²) in [4.78, 5) is 40.0. The molecule has 2 fully saturated rings. The highest BCUT2D eigenvalue weighted by atomic mass is 35.5. The van der Waals surface area contributed by atoms with Gasteiger partial charge in [-0.05, 0) is 84.5 Å².